The summed E-state index contributed by atoms with van der Waals surface area (Å²) < 4.78 is 0. The van der Waals surface area contributed by atoms with Crippen LogP contribution >= 0.6 is 0 Å². The third-order valence-electron chi connectivity index (χ3n) is 7.10. The van der Waals surface area contributed by atoms with Gasteiger partial charge in [-0.25, -0.2) is 0 Å². The van der Waals surface area contributed by atoms with Crippen molar-refractivity contribution >= 4 is 0 Å². The SMILES string of the molecule is CC1(CCCCCc2c(O)cc(O)c(O)c2CCCCCC2(C)CC2)CC1. The molecule has 3 nitrogen and oxygen atoms in total. The lowest BCUT2D eigenvalue weighted by Gasteiger charge is -2.15. The molecule has 3 N–H and O–H groups in total. The first-order chi connectivity index (χ1) is 12.8. The van der Waals surface area contributed by atoms with Crippen LogP contribution in [0, 0.1) is 10.8 Å². The Kier molecular flexibility index (Phi) is 6.28. The number of hydrogen-bond donors (Lipinski definition) is 3. The molecule has 2 aliphatic rings. The highest BCUT2D eigenvalue weighted by Crippen LogP contribution is 2.50. The zero-order valence-electron chi connectivity index (χ0n) is 17.3. The average molecular weight is 375 g/mol. The summed E-state index contributed by atoms with van der Waals surface area (Å²) in [5.41, 5.74) is 2.83. The van der Waals surface area contributed by atoms with E-state index < -0.39 is 0 Å². The van der Waals surface area contributed by atoms with Crippen molar-refractivity contribution in [2.24, 2.45) is 10.8 Å². The maximum Gasteiger partial charge on any atom is 0.161 e. The predicted octanol–water partition coefficient (Wildman–Crippen LogP) is 6.61. The summed E-state index contributed by atoms with van der Waals surface area (Å²) in [6, 6.07) is 1.30. The van der Waals surface area contributed by atoms with Crippen LogP contribution in [0.3, 0.4) is 0 Å². The van der Waals surface area contributed by atoms with E-state index in [4.69, 9.17) is 0 Å². The molecule has 0 unspecified atom stereocenters. The van der Waals surface area contributed by atoms with Gasteiger partial charge in [0.25, 0.3) is 0 Å². The van der Waals surface area contributed by atoms with Gasteiger partial charge in [0, 0.05) is 17.2 Å². The molecule has 1 aromatic rings. The van der Waals surface area contributed by atoms with E-state index >= 15 is 0 Å². The van der Waals surface area contributed by atoms with Crippen molar-refractivity contribution in [2.75, 3.05) is 0 Å². The molecule has 0 bridgehead atoms. The molecule has 0 aromatic heterocycles. The second-order valence-corrected chi connectivity index (χ2v) is 9.96. The van der Waals surface area contributed by atoms with Gasteiger partial charge in [-0.1, -0.05) is 39.5 Å². The first-order valence-electron chi connectivity index (χ1n) is 11.1. The van der Waals surface area contributed by atoms with Crippen molar-refractivity contribution in [1.29, 1.82) is 0 Å². The minimum absolute atomic E-state index is 0.0255. The van der Waals surface area contributed by atoms with Gasteiger partial charge in [-0.2, -0.15) is 0 Å². The highest BCUT2D eigenvalue weighted by atomic mass is 16.3. The largest absolute Gasteiger partial charge is 0.508 e. The van der Waals surface area contributed by atoms with Crippen LogP contribution < -0.4 is 0 Å². The first kappa shape index (κ1) is 20.4. The van der Waals surface area contributed by atoms with Crippen LogP contribution in [0.1, 0.15) is 102 Å². The molecule has 2 saturated carbocycles. The fourth-order valence-electron chi connectivity index (χ4n) is 4.27. The fourth-order valence-corrected chi connectivity index (χ4v) is 4.27. The van der Waals surface area contributed by atoms with Gasteiger partial charge in [0.1, 0.15) is 5.75 Å². The minimum Gasteiger partial charge on any atom is -0.508 e. The van der Waals surface area contributed by atoms with E-state index in [2.05, 4.69) is 13.8 Å². The lowest BCUT2D eigenvalue weighted by molar-refractivity contribution is 0.387. The van der Waals surface area contributed by atoms with E-state index in [1.807, 2.05) is 0 Å². The van der Waals surface area contributed by atoms with Crippen LogP contribution in [0.5, 0.6) is 17.2 Å². The van der Waals surface area contributed by atoms with E-state index in [1.165, 1.54) is 57.4 Å². The van der Waals surface area contributed by atoms with Crippen molar-refractivity contribution in [1.82, 2.24) is 0 Å². The molecule has 3 rings (SSSR count). The molecule has 2 aliphatic carbocycles. The third-order valence-corrected chi connectivity index (χ3v) is 7.10. The Morgan fingerprint density at radius 1 is 0.667 bits per heavy atom. The number of phenolic OH excluding ortho intramolecular Hbond substituents is 3. The zero-order chi connectivity index (χ0) is 19.5. The maximum absolute atomic E-state index is 10.4. The molecule has 2 fully saturated rings. The van der Waals surface area contributed by atoms with Gasteiger partial charge in [0.15, 0.2) is 11.5 Å². The second kappa shape index (κ2) is 8.32. The number of phenols is 3. The van der Waals surface area contributed by atoms with Crippen molar-refractivity contribution in [3.05, 3.63) is 17.2 Å². The van der Waals surface area contributed by atoms with E-state index in [-0.39, 0.29) is 17.2 Å². The Morgan fingerprint density at radius 2 is 1.15 bits per heavy atom. The van der Waals surface area contributed by atoms with Crippen LogP contribution in [0.4, 0.5) is 0 Å². The van der Waals surface area contributed by atoms with Gasteiger partial charge < -0.3 is 15.3 Å². The minimum atomic E-state index is -0.196. The second-order valence-electron chi connectivity index (χ2n) is 9.96. The fraction of sp³-hybridized carbons (Fsp3) is 0.750. The maximum atomic E-state index is 10.4. The van der Waals surface area contributed by atoms with Crippen LogP contribution in [-0.2, 0) is 12.8 Å². The van der Waals surface area contributed by atoms with Crippen molar-refractivity contribution in [3.63, 3.8) is 0 Å². The van der Waals surface area contributed by atoms with Gasteiger partial charge in [-0.05, 0) is 75.0 Å². The van der Waals surface area contributed by atoms with Gasteiger partial charge in [-0.15, -0.1) is 0 Å². The lowest BCUT2D eigenvalue weighted by atomic mass is 9.93. The molecule has 0 heterocycles. The Bertz CT molecular complexity index is 642. The van der Waals surface area contributed by atoms with Crippen molar-refractivity contribution < 1.29 is 15.3 Å². The van der Waals surface area contributed by atoms with E-state index in [0.717, 1.165) is 49.7 Å². The van der Waals surface area contributed by atoms with Gasteiger partial charge in [-0.3, -0.25) is 0 Å². The molecule has 0 atom stereocenters. The van der Waals surface area contributed by atoms with Gasteiger partial charge in [0.2, 0.25) is 0 Å². The molecule has 1 aromatic carbocycles. The molecule has 0 radical (unpaired) electrons. The highest BCUT2D eigenvalue weighted by Gasteiger charge is 2.36. The van der Waals surface area contributed by atoms with Crippen LogP contribution in [-0.4, -0.2) is 15.3 Å². The Balaban J connectivity index is 1.49. The van der Waals surface area contributed by atoms with Crippen LogP contribution in [0.15, 0.2) is 6.07 Å². The third kappa shape index (κ3) is 5.80. The number of rotatable bonds is 12. The lowest BCUT2D eigenvalue weighted by Crippen LogP contribution is -1.99. The number of unbranched alkanes of at least 4 members (excludes halogenated alkanes) is 4. The summed E-state index contributed by atoms with van der Waals surface area (Å²) in [5.74, 6) is -0.0826. The molecule has 0 amide bonds. The Morgan fingerprint density at radius 3 is 1.63 bits per heavy atom. The molecule has 0 aliphatic heterocycles. The van der Waals surface area contributed by atoms with E-state index in [1.54, 1.807) is 0 Å². The topological polar surface area (TPSA) is 60.7 Å². The van der Waals surface area contributed by atoms with Gasteiger partial charge >= 0.3 is 0 Å². The average Bonchev–Trinajstić information content (AvgIpc) is 3.53. The molecule has 152 valence electrons. The van der Waals surface area contributed by atoms with E-state index in [0.29, 0.717) is 10.8 Å². The summed E-state index contributed by atoms with van der Waals surface area (Å²) in [7, 11) is 0. The molecule has 27 heavy (non-hydrogen) atoms. The van der Waals surface area contributed by atoms with E-state index in [9.17, 15) is 15.3 Å². The molecular weight excluding hydrogens is 336 g/mol. The summed E-state index contributed by atoms with van der Waals surface area (Å²) in [5, 5.41) is 30.6. The first-order valence-corrected chi connectivity index (χ1v) is 11.1. The smallest absolute Gasteiger partial charge is 0.161 e. The van der Waals surface area contributed by atoms with Crippen LogP contribution in [0.25, 0.3) is 0 Å². The number of hydrogen-bond acceptors (Lipinski definition) is 3. The quantitative estimate of drug-likeness (QED) is 0.219. The number of aromatic hydroxyl groups is 3. The monoisotopic (exact) mass is 374 g/mol. The van der Waals surface area contributed by atoms with Crippen molar-refractivity contribution in [3.8, 4) is 17.2 Å². The highest BCUT2D eigenvalue weighted by molar-refractivity contribution is 5.55. The molecule has 0 spiro atoms. The van der Waals surface area contributed by atoms with Crippen molar-refractivity contribution in [2.45, 2.75) is 104 Å². The van der Waals surface area contributed by atoms with Crippen LogP contribution in [0.2, 0.25) is 0 Å². The number of benzene rings is 1. The Labute approximate surface area is 164 Å². The summed E-state index contributed by atoms with van der Waals surface area (Å²) in [6.07, 6.45) is 16.4. The standard InChI is InChI=1S/C24H38O3/c1-23(13-14-23)11-7-3-5-9-18-19(22(27)21(26)17-20(18)25)10-6-4-8-12-24(2)15-16-24/h17,25-27H,3-16H2,1-2H3. The normalized spacial score (nSPS) is 19.2. The Hall–Kier alpha value is -1.38. The summed E-state index contributed by atoms with van der Waals surface area (Å²) in [4.78, 5) is 0. The van der Waals surface area contributed by atoms with Gasteiger partial charge in [0.05, 0.1) is 0 Å². The predicted molar refractivity (Wildman–Crippen MR) is 110 cm³/mol. The molecule has 3 heteroatoms. The molecular formula is C24H38O3. The zero-order valence-corrected chi connectivity index (χ0v) is 17.3. The summed E-state index contributed by atoms with van der Waals surface area (Å²) >= 11 is 0. The summed E-state index contributed by atoms with van der Waals surface area (Å²) in [6.45, 7) is 4.74. The molecule has 0 saturated heterocycles.